The van der Waals surface area contributed by atoms with Gasteiger partial charge < -0.3 is 15.8 Å². The van der Waals surface area contributed by atoms with E-state index < -0.39 is 0 Å². The molecular weight excluding hydrogens is 228 g/mol. The van der Waals surface area contributed by atoms with Gasteiger partial charge in [-0.15, -0.1) is 0 Å². The zero-order chi connectivity index (χ0) is 13.1. The van der Waals surface area contributed by atoms with Crippen molar-refractivity contribution in [2.45, 2.75) is 19.9 Å². The van der Waals surface area contributed by atoms with Crippen LogP contribution in [0, 0.1) is 0 Å². The molecule has 0 aliphatic carbocycles. The number of aromatic nitrogens is 2. The van der Waals surface area contributed by atoms with Crippen molar-refractivity contribution in [3.05, 3.63) is 30.5 Å². The number of nitrogens with zero attached hydrogens (tertiary/aromatic N) is 2. The van der Waals surface area contributed by atoms with E-state index in [1.165, 1.54) is 0 Å². The number of rotatable bonds is 4. The number of nitrogens with one attached hydrogen (secondary N) is 1. The van der Waals surface area contributed by atoms with Crippen LogP contribution in [0.2, 0.25) is 0 Å². The van der Waals surface area contributed by atoms with E-state index >= 15 is 0 Å². The Morgan fingerprint density at radius 3 is 2.67 bits per heavy atom. The second-order valence-electron chi connectivity index (χ2n) is 4.35. The molecular formula is C13H18N4O. The van der Waals surface area contributed by atoms with E-state index in [4.69, 9.17) is 10.5 Å². The van der Waals surface area contributed by atoms with Crippen LogP contribution in [-0.2, 0) is 0 Å². The van der Waals surface area contributed by atoms with E-state index in [9.17, 15) is 0 Å². The fourth-order valence-corrected chi connectivity index (χ4v) is 1.61. The molecule has 0 unspecified atom stereocenters. The Bertz CT molecular complexity index is 534. The quantitative estimate of drug-likeness (QED) is 0.814. The lowest BCUT2D eigenvalue weighted by molar-refractivity contribution is 0.415. The lowest BCUT2D eigenvalue weighted by atomic mass is 10.2. The molecule has 2 aromatic rings. The topological polar surface area (TPSA) is 65.1 Å². The monoisotopic (exact) mass is 246 g/mol. The van der Waals surface area contributed by atoms with Crippen molar-refractivity contribution in [1.82, 2.24) is 9.78 Å². The third-order valence-electron chi connectivity index (χ3n) is 2.66. The van der Waals surface area contributed by atoms with Crippen molar-refractivity contribution in [3.63, 3.8) is 0 Å². The fourth-order valence-electron chi connectivity index (χ4n) is 1.61. The van der Waals surface area contributed by atoms with Crippen LogP contribution >= 0.6 is 0 Å². The van der Waals surface area contributed by atoms with Gasteiger partial charge in [0, 0.05) is 24.4 Å². The maximum absolute atomic E-state index is 5.93. The molecule has 0 saturated heterocycles. The van der Waals surface area contributed by atoms with E-state index in [1.807, 2.05) is 29.1 Å². The normalized spacial score (nSPS) is 10.7. The largest absolute Gasteiger partial charge is 0.497 e. The van der Waals surface area contributed by atoms with Gasteiger partial charge in [-0.25, -0.2) is 0 Å². The number of hydrogen-bond donors (Lipinski definition) is 2. The summed E-state index contributed by atoms with van der Waals surface area (Å²) >= 11 is 0. The third kappa shape index (κ3) is 2.56. The first kappa shape index (κ1) is 12.3. The van der Waals surface area contributed by atoms with Crippen LogP contribution in [0.1, 0.15) is 19.9 Å². The SMILES string of the molecule is COc1ccc(Nc2ccn(C(C)C)n2)c(N)c1. The third-order valence-corrected chi connectivity index (χ3v) is 2.66. The van der Waals surface area contributed by atoms with Crippen molar-refractivity contribution in [1.29, 1.82) is 0 Å². The Morgan fingerprint density at radius 2 is 2.11 bits per heavy atom. The highest BCUT2D eigenvalue weighted by atomic mass is 16.5. The van der Waals surface area contributed by atoms with Gasteiger partial charge in [0.05, 0.1) is 18.5 Å². The number of nitrogen functional groups attached to an aromatic ring is 1. The molecule has 5 nitrogen and oxygen atoms in total. The summed E-state index contributed by atoms with van der Waals surface area (Å²) < 4.78 is 7.00. The minimum absolute atomic E-state index is 0.341. The van der Waals surface area contributed by atoms with Gasteiger partial charge in [0.25, 0.3) is 0 Å². The molecule has 0 saturated carbocycles. The molecule has 0 aliphatic rings. The van der Waals surface area contributed by atoms with Crippen LogP contribution in [0.15, 0.2) is 30.5 Å². The molecule has 0 amide bonds. The molecule has 1 heterocycles. The van der Waals surface area contributed by atoms with Crippen molar-refractivity contribution < 1.29 is 4.74 Å². The van der Waals surface area contributed by atoms with Gasteiger partial charge >= 0.3 is 0 Å². The number of nitrogens with two attached hydrogens (primary N) is 1. The molecule has 0 spiro atoms. The zero-order valence-corrected chi connectivity index (χ0v) is 10.8. The maximum atomic E-state index is 5.93. The Morgan fingerprint density at radius 1 is 1.33 bits per heavy atom. The summed E-state index contributed by atoms with van der Waals surface area (Å²) in [5.74, 6) is 1.52. The van der Waals surface area contributed by atoms with Gasteiger partial charge in [-0.2, -0.15) is 5.10 Å². The molecule has 2 rings (SSSR count). The van der Waals surface area contributed by atoms with E-state index in [0.29, 0.717) is 11.7 Å². The smallest absolute Gasteiger partial charge is 0.152 e. The summed E-state index contributed by atoms with van der Waals surface area (Å²) in [5.41, 5.74) is 7.39. The number of ether oxygens (including phenoxy) is 1. The van der Waals surface area contributed by atoms with Gasteiger partial charge in [0.2, 0.25) is 0 Å². The van der Waals surface area contributed by atoms with Crippen LogP contribution in [0.4, 0.5) is 17.2 Å². The van der Waals surface area contributed by atoms with Crippen LogP contribution in [0.3, 0.4) is 0 Å². The Labute approximate surface area is 107 Å². The summed E-state index contributed by atoms with van der Waals surface area (Å²) in [4.78, 5) is 0. The second-order valence-corrected chi connectivity index (χ2v) is 4.35. The van der Waals surface area contributed by atoms with Crippen molar-refractivity contribution in [2.24, 2.45) is 0 Å². The molecule has 0 radical (unpaired) electrons. The first-order valence-corrected chi connectivity index (χ1v) is 5.86. The predicted octanol–water partition coefficient (Wildman–Crippen LogP) is 2.80. The lowest BCUT2D eigenvalue weighted by Gasteiger charge is -2.09. The van der Waals surface area contributed by atoms with Gasteiger partial charge in [-0.1, -0.05) is 0 Å². The molecule has 1 aromatic carbocycles. The average molecular weight is 246 g/mol. The summed E-state index contributed by atoms with van der Waals surface area (Å²) in [6.45, 7) is 4.16. The van der Waals surface area contributed by atoms with E-state index in [2.05, 4.69) is 24.3 Å². The van der Waals surface area contributed by atoms with Gasteiger partial charge in [0.1, 0.15) is 5.75 Å². The highest BCUT2D eigenvalue weighted by molar-refractivity contribution is 5.72. The zero-order valence-electron chi connectivity index (χ0n) is 10.8. The molecule has 18 heavy (non-hydrogen) atoms. The highest BCUT2D eigenvalue weighted by Gasteiger charge is 2.05. The van der Waals surface area contributed by atoms with Crippen LogP contribution in [-0.4, -0.2) is 16.9 Å². The van der Waals surface area contributed by atoms with Crippen LogP contribution in [0.25, 0.3) is 0 Å². The number of methoxy groups -OCH3 is 1. The predicted molar refractivity (Wildman–Crippen MR) is 73.3 cm³/mol. The highest BCUT2D eigenvalue weighted by Crippen LogP contribution is 2.26. The average Bonchev–Trinajstić information content (AvgIpc) is 2.80. The maximum Gasteiger partial charge on any atom is 0.152 e. The first-order valence-electron chi connectivity index (χ1n) is 5.86. The summed E-state index contributed by atoms with van der Waals surface area (Å²) in [5, 5.41) is 7.59. The van der Waals surface area contributed by atoms with Gasteiger partial charge in [-0.3, -0.25) is 4.68 Å². The van der Waals surface area contributed by atoms with Gasteiger partial charge in [0.15, 0.2) is 5.82 Å². The fraction of sp³-hybridized carbons (Fsp3) is 0.308. The molecule has 5 heteroatoms. The Hall–Kier alpha value is -2.17. The molecule has 0 aliphatic heterocycles. The van der Waals surface area contributed by atoms with Gasteiger partial charge in [-0.05, 0) is 26.0 Å². The number of hydrogen-bond acceptors (Lipinski definition) is 4. The van der Waals surface area contributed by atoms with Crippen molar-refractivity contribution in [3.8, 4) is 5.75 Å². The Balaban J connectivity index is 2.17. The van der Waals surface area contributed by atoms with E-state index in [-0.39, 0.29) is 0 Å². The standard InChI is InChI=1S/C13H18N4O/c1-9(2)17-7-6-13(16-17)15-12-5-4-10(18-3)8-11(12)14/h4-9H,14H2,1-3H3,(H,15,16). The first-order chi connectivity index (χ1) is 8.60. The number of benzene rings is 1. The molecule has 0 atom stereocenters. The number of anilines is 3. The second kappa shape index (κ2) is 5.00. The van der Waals surface area contributed by atoms with Crippen molar-refractivity contribution >= 4 is 17.2 Å². The Kier molecular flexibility index (Phi) is 3.41. The molecule has 96 valence electrons. The summed E-state index contributed by atoms with van der Waals surface area (Å²) in [7, 11) is 1.62. The van der Waals surface area contributed by atoms with Crippen molar-refractivity contribution in [2.75, 3.05) is 18.2 Å². The summed E-state index contributed by atoms with van der Waals surface area (Å²) in [6, 6.07) is 7.78. The summed E-state index contributed by atoms with van der Waals surface area (Å²) in [6.07, 6.45) is 1.94. The minimum Gasteiger partial charge on any atom is -0.497 e. The molecule has 3 N–H and O–H groups in total. The molecule has 1 aromatic heterocycles. The molecule has 0 fully saturated rings. The molecule has 0 bridgehead atoms. The van der Waals surface area contributed by atoms with Crippen LogP contribution in [0.5, 0.6) is 5.75 Å². The minimum atomic E-state index is 0.341. The van der Waals surface area contributed by atoms with E-state index in [0.717, 1.165) is 17.3 Å². The lowest BCUT2D eigenvalue weighted by Crippen LogP contribution is -2.02. The van der Waals surface area contributed by atoms with Crippen LogP contribution < -0.4 is 15.8 Å². The van der Waals surface area contributed by atoms with E-state index in [1.54, 1.807) is 13.2 Å².